The first kappa shape index (κ1) is 22.8. The minimum Gasteiger partial charge on any atom is -0.462 e. The van der Waals surface area contributed by atoms with Gasteiger partial charge in [-0.2, -0.15) is 4.98 Å². The zero-order valence-corrected chi connectivity index (χ0v) is 19.6. The molecular formula is C25H22Cl2N4O2. The predicted octanol–water partition coefficient (Wildman–Crippen LogP) is 6.53. The Bertz CT molecular complexity index is 1260. The molecule has 8 heteroatoms. The Hall–Kier alpha value is -3.35. The summed E-state index contributed by atoms with van der Waals surface area (Å²) in [5, 5.41) is 8.32. The van der Waals surface area contributed by atoms with Crippen LogP contribution in [0.25, 0.3) is 17.1 Å². The van der Waals surface area contributed by atoms with Crippen LogP contribution < -0.4 is 10.1 Å². The maximum Gasteiger partial charge on any atom is 0.336 e. The zero-order chi connectivity index (χ0) is 23.4. The van der Waals surface area contributed by atoms with E-state index in [9.17, 15) is 4.79 Å². The molecule has 0 fully saturated rings. The first-order valence-corrected chi connectivity index (χ1v) is 11.2. The molecule has 6 nitrogen and oxygen atoms in total. The van der Waals surface area contributed by atoms with E-state index < -0.39 is 0 Å². The molecule has 3 aromatic carbocycles. The van der Waals surface area contributed by atoms with Crippen molar-refractivity contribution in [2.45, 2.75) is 13.8 Å². The Kier molecular flexibility index (Phi) is 6.96. The highest BCUT2D eigenvalue weighted by Crippen LogP contribution is 2.30. The summed E-state index contributed by atoms with van der Waals surface area (Å²) in [5.74, 6) is 0.719. The zero-order valence-electron chi connectivity index (χ0n) is 18.1. The Labute approximate surface area is 202 Å². The second-order valence-electron chi connectivity index (χ2n) is 7.83. The van der Waals surface area contributed by atoms with Crippen molar-refractivity contribution in [3.05, 3.63) is 88.4 Å². The second kappa shape index (κ2) is 10.1. The van der Waals surface area contributed by atoms with Crippen LogP contribution in [0.3, 0.4) is 0 Å². The van der Waals surface area contributed by atoms with Crippen LogP contribution in [0, 0.1) is 5.92 Å². The van der Waals surface area contributed by atoms with Gasteiger partial charge in [0.15, 0.2) is 5.82 Å². The predicted molar refractivity (Wildman–Crippen MR) is 132 cm³/mol. The van der Waals surface area contributed by atoms with Gasteiger partial charge in [-0.15, -0.1) is 5.10 Å². The summed E-state index contributed by atoms with van der Waals surface area (Å²) in [7, 11) is 0. The smallest absolute Gasteiger partial charge is 0.336 e. The van der Waals surface area contributed by atoms with Gasteiger partial charge in [0.05, 0.1) is 22.3 Å². The van der Waals surface area contributed by atoms with Crippen LogP contribution in [0.1, 0.15) is 24.2 Å². The number of ether oxygens (including phenoxy) is 1. The van der Waals surface area contributed by atoms with E-state index in [4.69, 9.17) is 27.9 Å². The van der Waals surface area contributed by atoms with Gasteiger partial charge in [0.1, 0.15) is 0 Å². The minimum atomic E-state index is -0.176. The lowest BCUT2D eigenvalue weighted by atomic mass is 10.2. The molecule has 0 aliphatic rings. The van der Waals surface area contributed by atoms with Crippen LogP contribution in [0.2, 0.25) is 10.0 Å². The fourth-order valence-corrected chi connectivity index (χ4v) is 3.37. The molecule has 1 amide bonds. The molecule has 1 N–H and O–H groups in total. The molecule has 0 atom stereocenters. The third-order valence-electron chi connectivity index (χ3n) is 4.72. The molecule has 0 unspecified atom stereocenters. The fourth-order valence-electron chi connectivity index (χ4n) is 3.08. The third-order valence-corrected chi connectivity index (χ3v) is 5.46. The number of carbonyl (C=O) groups excluding carboxylic acids is 1. The van der Waals surface area contributed by atoms with Gasteiger partial charge in [0.2, 0.25) is 0 Å². The molecule has 1 heterocycles. The third kappa shape index (κ3) is 5.53. The molecule has 0 bridgehead atoms. The molecule has 33 heavy (non-hydrogen) atoms. The van der Waals surface area contributed by atoms with E-state index in [1.165, 1.54) is 0 Å². The monoisotopic (exact) mass is 480 g/mol. The Morgan fingerprint density at radius 3 is 2.39 bits per heavy atom. The lowest BCUT2D eigenvalue weighted by molar-refractivity contribution is 0.102. The van der Waals surface area contributed by atoms with Crippen molar-refractivity contribution in [3.8, 4) is 23.1 Å². The highest BCUT2D eigenvalue weighted by molar-refractivity contribution is 6.42. The molecule has 0 radical (unpaired) electrons. The highest BCUT2D eigenvalue weighted by atomic mass is 35.5. The van der Waals surface area contributed by atoms with E-state index >= 15 is 0 Å². The van der Waals surface area contributed by atoms with Crippen LogP contribution in [-0.2, 0) is 0 Å². The molecule has 0 aliphatic carbocycles. The molecule has 0 aliphatic heterocycles. The summed E-state index contributed by atoms with van der Waals surface area (Å²) in [6.07, 6.45) is 0. The second-order valence-corrected chi connectivity index (χ2v) is 8.64. The first-order chi connectivity index (χ1) is 15.9. The quantitative estimate of drug-likeness (QED) is 0.326. The van der Waals surface area contributed by atoms with Crippen LogP contribution >= 0.6 is 23.2 Å². The number of halogens is 2. The SMILES string of the molecule is CC(C)COc1nc(-c2ccc(Cl)c(Cl)c2)n(-c2ccc(NC(=O)c3ccccc3)cc2)n1. The Morgan fingerprint density at radius 2 is 1.73 bits per heavy atom. The summed E-state index contributed by atoms with van der Waals surface area (Å²) < 4.78 is 7.43. The number of benzene rings is 3. The first-order valence-electron chi connectivity index (χ1n) is 10.4. The van der Waals surface area contributed by atoms with Crippen molar-refractivity contribution in [1.82, 2.24) is 14.8 Å². The molecule has 4 aromatic rings. The van der Waals surface area contributed by atoms with E-state index in [0.29, 0.717) is 39.6 Å². The number of nitrogens with one attached hydrogen (secondary N) is 1. The molecule has 168 valence electrons. The van der Waals surface area contributed by atoms with Crippen LogP contribution in [0.15, 0.2) is 72.8 Å². The van der Waals surface area contributed by atoms with Crippen molar-refractivity contribution in [3.63, 3.8) is 0 Å². The van der Waals surface area contributed by atoms with Crippen LogP contribution in [0.4, 0.5) is 5.69 Å². The summed E-state index contributed by atoms with van der Waals surface area (Å²) in [5.41, 5.74) is 2.75. The van der Waals surface area contributed by atoms with Crippen molar-refractivity contribution in [1.29, 1.82) is 0 Å². The van der Waals surface area contributed by atoms with Gasteiger partial charge in [-0.1, -0.05) is 55.2 Å². The van der Waals surface area contributed by atoms with Crippen LogP contribution in [0.5, 0.6) is 6.01 Å². The molecular weight excluding hydrogens is 459 g/mol. The average Bonchev–Trinajstić information content (AvgIpc) is 3.25. The number of amides is 1. The van der Waals surface area contributed by atoms with Crippen LogP contribution in [-0.4, -0.2) is 27.3 Å². The summed E-state index contributed by atoms with van der Waals surface area (Å²) in [6, 6.07) is 21.9. The average molecular weight is 481 g/mol. The van der Waals surface area contributed by atoms with E-state index in [0.717, 1.165) is 11.3 Å². The van der Waals surface area contributed by atoms with Gasteiger partial charge in [-0.3, -0.25) is 4.79 Å². The molecule has 0 saturated carbocycles. The highest BCUT2D eigenvalue weighted by Gasteiger charge is 2.16. The van der Waals surface area contributed by atoms with E-state index in [1.54, 1.807) is 28.9 Å². The number of anilines is 1. The van der Waals surface area contributed by atoms with E-state index in [-0.39, 0.29) is 11.9 Å². The summed E-state index contributed by atoms with van der Waals surface area (Å²) in [4.78, 5) is 17.0. The molecule has 4 rings (SSSR count). The van der Waals surface area contributed by atoms with Gasteiger partial charge in [-0.25, -0.2) is 4.68 Å². The van der Waals surface area contributed by atoms with Crippen molar-refractivity contribution in [2.75, 3.05) is 11.9 Å². The number of rotatable bonds is 7. The number of hydrogen-bond donors (Lipinski definition) is 1. The van der Waals surface area contributed by atoms with Crippen molar-refractivity contribution >= 4 is 34.8 Å². The molecule has 0 spiro atoms. The Balaban J connectivity index is 1.63. The topological polar surface area (TPSA) is 69.0 Å². The van der Waals surface area contributed by atoms with Gasteiger partial charge in [0.25, 0.3) is 5.91 Å². The van der Waals surface area contributed by atoms with E-state index in [2.05, 4.69) is 29.2 Å². The van der Waals surface area contributed by atoms with Gasteiger partial charge in [0, 0.05) is 16.8 Å². The maximum absolute atomic E-state index is 12.4. The molecule has 0 saturated heterocycles. The summed E-state index contributed by atoms with van der Waals surface area (Å²) >= 11 is 12.3. The number of carbonyl (C=O) groups is 1. The van der Waals surface area contributed by atoms with Crippen molar-refractivity contribution < 1.29 is 9.53 Å². The van der Waals surface area contributed by atoms with Crippen molar-refractivity contribution in [2.24, 2.45) is 5.92 Å². The minimum absolute atomic E-state index is 0.176. The normalized spacial score (nSPS) is 10.9. The van der Waals surface area contributed by atoms with Gasteiger partial charge >= 0.3 is 6.01 Å². The van der Waals surface area contributed by atoms with Gasteiger partial charge < -0.3 is 10.1 Å². The van der Waals surface area contributed by atoms with Gasteiger partial charge in [-0.05, 0) is 60.5 Å². The lowest BCUT2D eigenvalue weighted by Gasteiger charge is -2.09. The maximum atomic E-state index is 12.4. The number of nitrogens with zero attached hydrogens (tertiary/aromatic N) is 3. The standard InChI is InChI=1S/C25H22Cl2N4O2/c1-16(2)15-33-25-29-23(18-8-13-21(26)22(27)14-18)31(30-25)20-11-9-19(10-12-20)28-24(32)17-6-4-3-5-7-17/h3-14,16H,15H2,1-2H3,(H,28,32). The van der Waals surface area contributed by atoms with E-state index in [1.807, 2.05) is 48.5 Å². The summed E-state index contributed by atoms with van der Waals surface area (Å²) in [6.45, 7) is 4.61. The Morgan fingerprint density at radius 1 is 1.00 bits per heavy atom. The molecule has 1 aromatic heterocycles. The lowest BCUT2D eigenvalue weighted by Crippen LogP contribution is -2.11. The number of hydrogen-bond acceptors (Lipinski definition) is 4. The largest absolute Gasteiger partial charge is 0.462 e. The fraction of sp³-hybridized carbons (Fsp3) is 0.160. The number of aromatic nitrogens is 3.